The van der Waals surface area contributed by atoms with Crippen LogP contribution in [0.1, 0.15) is 37.3 Å². The maximum Gasteiger partial charge on any atom is 0.238 e. The molecule has 0 aliphatic heterocycles. The highest BCUT2D eigenvalue weighted by Crippen LogP contribution is 2.19. The Labute approximate surface area is 213 Å². The van der Waals surface area contributed by atoms with Gasteiger partial charge in [0.1, 0.15) is 0 Å². The van der Waals surface area contributed by atoms with E-state index in [2.05, 4.69) is 21.3 Å². The van der Waals surface area contributed by atoms with Crippen LogP contribution in [-0.4, -0.2) is 88.7 Å². The van der Waals surface area contributed by atoms with Crippen molar-refractivity contribution in [1.29, 1.82) is 0 Å². The minimum atomic E-state index is -0.158. The van der Waals surface area contributed by atoms with Crippen LogP contribution in [0.25, 0.3) is 0 Å². The molecule has 0 saturated carbocycles. The average Bonchev–Trinajstić information content (AvgIpc) is 2.87. The minimum Gasteiger partial charge on any atom is -0.379 e. The van der Waals surface area contributed by atoms with Gasteiger partial charge < -0.3 is 35.6 Å². The number of nitrogens with one attached hydrogen (secondary N) is 4. The molecule has 0 heterocycles. The van der Waals surface area contributed by atoms with Gasteiger partial charge in [-0.25, -0.2) is 0 Å². The molecular formula is C25H41N5O6. The second kappa shape index (κ2) is 19.2. The third kappa shape index (κ3) is 13.8. The smallest absolute Gasteiger partial charge is 0.238 e. The standard InChI is InChI=1S/C25H41N5O6/c1-20-5-7-23(15-22(20)17-30(19-32)21(2)6-8-24(33)26-3)29-25(34)16-27-9-4-11-35-13-14-36-12-10-28-18-31/h5,7,15,18-19,21,27H,4,6,8-14,16-17H2,1-3H3,(H,26,33)(H,28,31)(H,29,34). The van der Waals surface area contributed by atoms with E-state index in [0.29, 0.717) is 71.0 Å². The van der Waals surface area contributed by atoms with Crippen LogP contribution < -0.4 is 21.3 Å². The molecule has 0 bridgehead atoms. The van der Waals surface area contributed by atoms with Gasteiger partial charge in [-0.05, 0) is 56.5 Å². The van der Waals surface area contributed by atoms with E-state index in [1.807, 2.05) is 32.0 Å². The SMILES string of the molecule is CNC(=O)CCC(C)N(C=O)Cc1cc(NC(=O)CNCCCOCCOCCNC=O)ccc1C. The summed E-state index contributed by atoms with van der Waals surface area (Å²) in [4.78, 5) is 47.2. The Bertz CT molecular complexity index is 807. The lowest BCUT2D eigenvalue weighted by atomic mass is 10.1. The fraction of sp³-hybridized carbons (Fsp3) is 0.600. The number of ether oxygens (including phenoxy) is 2. The molecule has 4 N–H and O–H groups in total. The molecule has 0 aliphatic rings. The molecule has 11 heteroatoms. The molecule has 1 aromatic rings. The molecule has 1 unspecified atom stereocenters. The first-order valence-corrected chi connectivity index (χ1v) is 12.3. The number of carbonyl (C=O) groups excluding carboxylic acids is 4. The zero-order valence-electron chi connectivity index (χ0n) is 21.6. The van der Waals surface area contributed by atoms with Crippen molar-refractivity contribution >= 4 is 30.3 Å². The fourth-order valence-electron chi connectivity index (χ4n) is 3.26. The van der Waals surface area contributed by atoms with Crippen LogP contribution in [0.4, 0.5) is 5.69 Å². The van der Waals surface area contributed by atoms with Gasteiger partial charge in [-0.2, -0.15) is 0 Å². The highest BCUT2D eigenvalue weighted by atomic mass is 16.5. The van der Waals surface area contributed by atoms with E-state index in [1.165, 1.54) is 0 Å². The van der Waals surface area contributed by atoms with Crippen molar-refractivity contribution in [3.63, 3.8) is 0 Å². The van der Waals surface area contributed by atoms with Crippen LogP contribution in [0.3, 0.4) is 0 Å². The molecule has 0 radical (unpaired) electrons. The lowest BCUT2D eigenvalue weighted by Gasteiger charge is -2.26. The molecule has 202 valence electrons. The van der Waals surface area contributed by atoms with Crippen molar-refractivity contribution in [2.24, 2.45) is 0 Å². The number of rotatable bonds is 21. The van der Waals surface area contributed by atoms with Gasteiger partial charge >= 0.3 is 0 Å². The summed E-state index contributed by atoms with van der Waals surface area (Å²) in [5.41, 5.74) is 2.61. The first kappa shape index (κ1) is 31.0. The Morgan fingerprint density at radius 2 is 1.81 bits per heavy atom. The summed E-state index contributed by atoms with van der Waals surface area (Å²) in [5.74, 6) is -0.213. The molecular weight excluding hydrogens is 466 g/mol. The van der Waals surface area contributed by atoms with Gasteiger partial charge in [-0.15, -0.1) is 0 Å². The minimum absolute atomic E-state index is 0.0547. The third-order valence-corrected chi connectivity index (χ3v) is 5.53. The first-order valence-electron chi connectivity index (χ1n) is 12.3. The van der Waals surface area contributed by atoms with Gasteiger partial charge in [0.25, 0.3) is 0 Å². The van der Waals surface area contributed by atoms with Gasteiger partial charge in [0.05, 0.1) is 26.4 Å². The zero-order valence-corrected chi connectivity index (χ0v) is 21.6. The molecule has 0 aliphatic carbocycles. The van der Waals surface area contributed by atoms with Gasteiger partial charge in [0.15, 0.2) is 0 Å². The molecule has 1 rings (SSSR count). The molecule has 4 amide bonds. The van der Waals surface area contributed by atoms with Crippen LogP contribution in [0.2, 0.25) is 0 Å². The maximum absolute atomic E-state index is 12.3. The highest BCUT2D eigenvalue weighted by Gasteiger charge is 2.15. The van der Waals surface area contributed by atoms with Gasteiger partial charge in [0.2, 0.25) is 24.6 Å². The van der Waals surface area contributed by atoms with Crippen molar-refractivity contribution in [1.82, 2.24) is 20.9 Å². The maximum atomic E-state index is 12.3. The van der Waals surface area contributed by atoms with E-state index in [4.69, 9.17) is 9.47 Å². The summed E-state index contributed by atoms with van der Waals surface area (Å²) >= 11 is 0. The van der Waals surface area contributed by atoms with Crippen LogP contribution >= 0.6 is 0 Å². The van der Waals surface area contributed by atoms with Crippen molar-refractivity contribution in [2.45, 2.75) is 45.7 Å². The first-order chi connectivity index (χ1) is 17.4. The van der Waals surface area contributed by atoms with E-state index >= 15 is 0 Å². The van der Waals surface area contributed by atoms with Gasteiger partial charge in [-0.1, -0.05) is 6.07 Å². The molecule has 1 atom stereocenters. The van der Waals surface area contributed by atoms with Gasteiger partial charge in [-0.3, -0.25) is 19.2 Å². The number of nitrogens with zero attached hydrogens (tertiary/aromatic N) is 1. The fourth-order valence-corrected chi connectivity index (χ4v) is 3.26. The number of hydrogen-bond donors (Lipinski definition) is 4. The van der Waals surface area contributed by atoms with E-state index in [1.54, 1.807) is 11.9 Å². The molecule has 0 fully saturated rings. The number of benzene rings is 1. The van der Waals surface area contributed by atoms with E-state index in [9.17, 15) is 19.2 Å². The predicted octanol–water partition coefficient (Wildman–Crippen LogP) is 0.566. The molecule has 1 aromatic carbocycles. The number of carbonyl (C=O) groups is 4. The van der Waals surface area contributed by atoms with E-state index < -0.39 is 0 Å². The number of hydrogen-bond acceptors (Lipinski definition) is 7. The summed E-state index contributed by atoms with van der Waals surface area (Å²) < 4.78 is 10.7. The molecule has 11 nitrogen and oxygen atoms in total. The Balaban J connectivity index is 2.33. The second-order valence-corrected chi connectivity index (χ2v) is 8.36. The topological polar surface area (TPSA) is 138 Å². The van der Waals surface area contributed by atoms with Crippen LogP contribution in [0.15, 0.2) is 18.2 Å². The zero-order chi connectivity index (χ0) is 26.6. The van der Waals surface area contributed by atoms with E-state index in [-0.39, 0.29) is 24.4 Å². The normalized spacial score (nSPS) is 11.4. The molecule has 0 spiro atoms. The predicted molar refractivity (Wildman–Crippen MR) is 137 cm³/mol. The summed E-state index contributed by atoms with van der Waals surface area (Å²) in [7, 11) is 1.59. The summed E-state index contributed by atoms with van der Waals surface area (Å²) in [6.07, 6.45) is 3.11. The molecule has 0 aromatic heterocycles. The highest BCUT2D eigenvalue weighted by molar-refractivity contribution is 5.92. The number of anilines is 1. The second-order valence-electron chi connectivity index (χ2n) is 8.36. The van der Waals surface area contributed by atoms with Crippen molar-refractivity contribution in [3.8, 4) is 0 Å². The van der Waals surface area contributed by atoms with Crippen molar-refractivity contribution in [3.05, 3.63) is 29.3 Å². The van der Waals surface area contributed by atoms with E-state index in [0.717, 1.165) is 24.0 Å². The molecule has 36 heavy (non-hydrogen) atoms. The van der Waals surface area contributed by atoms with Crippen molar-refractivity contribution in [2.75, 3.05) is 58.4 Å². The summed E-state index contributed by atoms with van der Waals surface area (Å²) in [6.45, 7) is 7.52. The summed E-state index contributed by atoms with van der Waals surface area (Å²) in [5, 5.41) is 11.1. The average molecular weight is 508 g/mol. The monoisotopic (exact) mass is 507 g/mol. The molecule has 0 saturated heterocycles. The van der Waals surface area contributed by atoms with Crippen LogP contribution in [-0.2, 0) is 35.2 Å². The van der Waals surface area contributed by atoms with Crippen molar-refractivity contribution < 1.29 is 28.7 Å². The lowest BCUT2D eigenvalue weighted by Crippen LogP contribution is -2.33. The Kier molecular flexibility index (Phi) is 16.5. The number of amides is 4. The lowest BCUT2D eigenvalue weighted by molar-refractivity contribution is -0.123. The Hall–Kier alpha value is -3.02. The third-order valence-electron chi connectivity index (χ3n) is 5.53. The van der Waals surface area contributed by atoms with Crippen LogP contribution in [0.5, 0.6) is 0 Å². The quantitative estimate of drug-likeness (QED) is 0.141. The Morgan fingerprint density at radius 3 is 2.50 bits per heavy atom. The summed E-state index contributed by atoms with van der Waals surface area (Å²) in [6, 6.07) is 5.53. The van der Waals surface area contributed by atoms with Crippen LogP contribution in [0, 0.1) is 6.92 Å². The van der Waals surface area contributed by atoms with Gasteiger partial charge in [0, 0.05) is 44.9 Å². The number of aryl methyl sites for hydroxylation is 1. The largest absolute Gasteiger partial charge is 0.379 e. The Morgan fingerprint density at radius 1 is 1.06 bits per heavy atom.